The Hall–Kier alpha value is -1.62. The monoisotopic (exact) mass is 428 g/mol. The van der Waals surface area contributed by atoms with Crippen molar-refractivity contribution in [2.24, 2.45) is 0 Å². The molecule has 144 valence electrons. The van der Waals surface area contributed by atoms with Crippen molar-refractivity contribution in [3.8, 4) is 0 Å². The summed E-state index contributed by atoms with van der Waals surface area (Å²) in [5, 5.41) is 3.63. The molecule has 1 saturated carbocycles. The number of benzene rings is 1. The van der Waals surface area contributed by atoms with Crippen molar-refractivity contribution in [1.29, 1.82) is 0 Å². The van der Waals surface area contributed by atoms with E-state index < -0.39 is 0 Å². The molecule has 1 N–H and O–H groups in total. The molecule has 5 heteroatoms. The first-order valence-corrected chi connectivity index (χ1v) is 11.1. The van der Waals surface area contributed by atoms with E-state index in [1.165, 1.54) is 43.2 Å². The number of hydrogen-bond acceptors (Lipinski definition) is 4. The number of aromatic nitrogens is 2. The number of hydrogen-bond donors (Lipinski definition) is 1. The average molecular weight is 429 g/mol. The molecule has 0 radical (unpaired) electrons. The van der Waals surface area contributed by atoms with Crippen LogP contribution in [0.3, 0.4) is 0 Å². The van der Waals surface area contributed by atoms with Crippen LogP contribution in [0, 0.1) is 0 Å². The quantitative estimate of drug-likeness (QED) is 0.680. The Morgan fingerprint density at radius 1 is 1.07 bits per heavy atom. The minimum absolute atomic E-state index is 0.393. The van der Waals surface area contributed by atoms with Crippen molar-refractivity contribution in [3.63, 3.8) is 0 Å². The maximum Gasteiger partial charge on any atom is 0.225 e. The van der Waals surface area contributed by atoms with Crippen LogP contribution in [0.1, 0.15) is 68.7 Å². The van der Waals surface area contributed by atoms with E-state index in [0.717, 1.165) is 41.4 Å². The third kappa shape index (κ3) is 4.45. The number of rotatable bonds is 4. The van der Waals surface area contributed by atoms with Gasteiger partial charge in [0.2, 0.25) is 5.95 Å². The van der Waals surface area contributed by atoms with E-state index in [4.69, 9.17) is 9.97 Å². The predicted octanol–water partition coefficient (Wildman–Crippen LogP) is 5.67. The third-order valence-corrected chi connectivity index (χ3v) is 6.26. The lowest BCUT2D eigenvalue weighted by Gasteiger charge is -2.31. The summed E-state index contributed by atoms with van der Waals surface area (Å²) in [6.07, 6.45) is 7.51. The predicted molar refractivity (Wildman–Crippen MR) is 116 cm³/mol. The molecule has 0 saturated heterocycles. The van der Waals surface area contributed by atoms with Crippen LogP contribution in [0.25, 0.3) is 0 Å². The van der Waals surface area contributed by atoms with Crippen LogP contribution >= 0.6 is 15.9 Å². The fourth-order valence-corrected chi connectivity index (χ4v) is 4.53. The second kappa shape index (κ2) is 8.17. The van der Waals surface area contributed by atoms with Gasteiger partial charge in [-0.3, -0.25) is 0 Å². The van der Waals surface area contributed by atoms with Gasteiger partial charge in [-0.2, -0.15) is 4.98 Å². The fraction of sp³-hybridized carbons (Fsp3) is 0.545. The summed E-state index contributed by atoms with van der Waals surface area (Å²) in [5.41, 5.74) is 3.97. The van der Waals surface area contributed by atoms with Crippen molar-refractivity contribution in [2.45, 2.75) is 70.9 Å². The Bertz CT molecular complexity index is 799. The van der Waals surface area contributed by atoms with Crippen molar-refractivity contribution in [1.82, 2.24) is 9.97 Å². The fourth-order valence-electron chi connectivity index (χ4n) is 4.13. The first kappa shape index (κ1) is 18.7. The Labute approximate surface area is 170 Å². The lowest BCUT2D eigenvalue weighted by atomic mass is 9.96. The van der Waals surface area contributed by atoms with Gasteiger partial charge in [-0.1, -0.05) is 55.1 Å². The molecule has 0 spiro atoms. The number of fused-ring (bicyclic) bond motifs is 1. The number of anilines is 2. The zero-order chi connectivity index (χ0) is 18.8. The summed E-state index contributed by atoms with van der Waals surface area (Å²) in [6, 6.07) is 9.33. The first-order valence-electron chi connectivity index (χ1n) is 10.3. The third-order valence-electron chi connectivity index (χ3n) is 5.77. The number of nitrogens with zero attached hydrogens (tertiary/aromatic N) is 3. The van der Waals surface area contributed by atoms with E-state index >= 15 is 0 Å². The van der Waals surface area contributed by atoms with Crippen LogP contribution in [0.15, 0.2) is 28.7 Å². The van der Waals surface area contributed by atoms with E-state index in [1.54, 1.807) is 0 Å². The Kier molecular flexibility index (Phi) is 5.67. The SMILES string of the molecule is CC(C)c1cc(N2CCc3ccc(Br)cc3C2)nc(NC2CCCCC2)n1. The molecule has 0 unspecified atom stereocenters. The van der Waals surface area contributed by atoms with E-state index in [0.29, 0.717) is 12.0 Å². The molecule has 1 aliphatic heterocycles. The minimum atomic E-state index is 0.393. The highest BCUT2D eigenvalue weighted by atomic mass is 79.9. The Balaban J connectivity index is 1.59. The van der Waals surface area contributed by atoms with E-state index in [1.807, 2.05) is 0 Å². The van der Waals surface area contributed by atoms with Gasteiger partial charge in [-0.05, 0) is 48.4 Å². The minimum Gasteiger partial charge on any atom is -0.352 e. The molecule has 0 amide bonds. The highest BCUT2D eigenvalue weighted by molar-refractivity contribution is 9.10. The van der Waals surface area contributed by atoms with Crippen LogP contribution in [0.4, 0.5) is 11.8 Å². The maximum absolute atomic E-state index is 4.92. The van der Waals surface area contributed by atoms with E-state index in [2.05, 4.69) is 64.3 Å². The lowest BCUT2D eigenvalue weighted by Crippen LogP contribution is -2.32. The van der Waals surface area contributed by atoms with Crippen LogP contribution in [-0.2, 0) is 13.0 Å². The van der Waals surface area contributed by atoms with Gasteiger partial charge < -0.3 is 10.2 Å². The lowest BCUT2D eigenvalue weighted by molar-refractivity contribution is 0.460. The first-order chi connectivity index (χ1) is 13.1. The summed E-state index contributed by atoms with van der Waals surface area (Å²) >= 11 is 3.61. The van der Waals surface area contributed by atoms with Crippen LogP contribution < -0.4 is 10.2 Å². The molecule has 1 aromatic carbocycles. The second-order valence-electron chi connectivity index (χ2n) is 8.19. The zero-order valence-corrected chi connectivity index (χ0v) is 17.9. The van der Waals surface area contributed by atoms with Gasteiger partial charge >= 0.3 is 0 Å². The van der Waals surface area contributed by atoms with Gasteiger partial charge in [-0.25, -0.2) is 4.98 Å². The molecule has 0 atom stereocenters. The van der Waals surface area contributed by atoms with E-state index in [9.17, 15) is 0 Å². The molecule has 0 bridgehead atoms. The van der Waals surface area contributed by atoms with Crippen LogP contribution in [0.5, 0.6) is 0 Å². The number of nitrogens with one attached hydrogen (secondary N) is 1. The highest BCUT2D eigenvalue weighted by Gasteiger charge is 2.21. The molecule has 1 fully saturated rings. The van der Waals surface area contributed by atoms with Gasteiger partial charge in [0.15, 0.2) is 0 Å². The van der Waals surface area contributed by atoms with Gasteiger partial charge in [0.25, 0.3) is 0 Å². The van der Waals surface area contributed by atoms with Crippen LogP contribution in [0.2, 0.25) is 0 Å². The molecule has 2 aliphatic rings. The molecule has 1 aliphatic carbocycles. The van der Waals surface area contributed by atoms with Gasteiger partial charge in [0, 0.05) is 29.7 Å². The van der Waals surface area contributed by atoms with Crippen molar-refractivity contribution < 1.29 is 0 Å². The van der Waals surface area contributed by atoms with Crippen molar-refractivity contribution in [3.05, 3.63) is 45.6 Å². The summed E-state index contributed by atoms with van der Waals surface area (Å²) in [4.78, 5) is 12.1. The standard InChI is InChI=1S/C22H29BrN4/c1-15(2)20-13-21(26-22(25-20)24-19-6-4-3-5-7-19)27-11-10-16-8-9-18(23)12-17(16)14-27/h8-9,12-13,15,19H,3-7,10-11,14H2,1-2H3,(H,24,25,26). The summed E-state index contributed by atoms with van der Waals surface area (Å²) in [6.45, 7) is 6.33. The van der Waals surface area contributed by atoms with Crippen molar-refractivity contribution >= 4 is 27.7 Å². The Morgan fingerprint density at radius 2 is 1.89 bits per heavy atom. The normalized spacial score (nSPS) is 17.9. The zero-order valence-electron chi connectivity index (χ0n) is 16.3. The van der Waals surface area contributed by atoms with Crippen LogP contribution in [-0.4, -0.2) is 22.6 Å². The second-order valence-corrected chi connectivity index (χ2v) is 9.11. The van der Waals surface area contributed by atoms with Gasteiger partial charge in [0.1, 0.15) is 5.82 Å². The summed E-state index contributed by atoms with van der Waals surface area (Å²) in [5.74, 6) is 2.26. The molecule has 27 heavy (non-hydrogen) atoms. The van der Waals surface area contributed by atoms with Crippen molar-refractivity contribution in [2.75, 3.05) is 16.8 Å². The topological polar surface area (TPSA) is 41.1 Å². The summed E-state index contributed by atoms with van der Waals surface area (Å²) in [7, 11) is 0. The largest absolute Gasteiger partial charge is 0.352 e. The molecule has 4 nitrogen and oxygen atoms in total. The summed E-state index contributed by atoms with van der Waals surface area (Å²) < 4.78 is 1.15. The van der Waals surface area contributed by atoms with Gasteiger partial charge in [0.05, 0.1) is 5.69 Å². The van der Waals surface area contributed by atoms with Gasteiger partial charge in [-0.15, -0.1) is 0 Å². The van der Waals surface area contributed by atoms with E-state index in [-0.39, 0.29) is 0 Å². The Morgan fingerprint density at radius 3 is 2.67 bits per heavy atom. The molecular weight excluding hydrogens is 400 g/mol. The smallest absolute Gasteiger partial charge is 0.225 e. The molecule has 2 aromatic rings. The molecule has 1 aromatic heterocycles. The molecular formula is C22H29BrN4. The number of halogens is 1. The average Bonchev–Trinajstić information content (AvgIpc) is 2.68. The molecule has 4 rings (SSSR count). The highest BCUT2D eigenvalue weighted by Crippen LogP contribution is 2.29. The maximum atomic E-state index is 4.92. The molecule has 2 heterocycles.